The molecule has 0 aromatic heterocycles. The van der Waals surface area contributed by atoms with Crippen molar-refractivity contribution in [3.8, 4) is 0 Å². The number of anilines is 2. The molecular formula is C12H13FN2O3. The van der Waals surface area contributed by atoms with E-state index in [2.05, 4.69) is 5.32 Å². The Hall–Kier alpha value is -2.11. The maximum absolute atomic E-state index is 13.2. The molecule has 0 radical (unpaired) electrons. The van der Waals surface area contributed by atoms with Crippen molar-refractivity contribution in [3.63, 3.8) is 0 Å². The first kappa shape index (κ1) is 12.3. The lowest BCUT2D eigenvalue weighted by Gasteiger charge is -2.23. The van der Waals surface area contributed by atoms with E-state index < -0.39 is 11.8 Å². The second-order valence-electron chi connectivity index (χ2n) is 4.09. The Morgan fingerprint density at radius 2 is 2.28 bits per heavy atom. The maximum Gasteiger partial charge on any atom is 0.305 e. The van der Waals surface area contributed by atoms with E-state index in [1.54, 1.807) is 4.90 Å². The zero-order valence-electron chi connectivity index (χ0n) is 9.65. The average Bonchev–Trinajstić information content (AvgIpc) is 2.45. The van der Waals surface area contributed by atoms with Crippen LogP contribution in [0.2, 0.25) is 0 Å². The molecule has 0 atom stereocenters. The third-order valence-electron chi connectivity index (χ3n) is 2.78. The van der Waals surface area contributed by atoms with E-state index in [-0.39, 0.29) is 25.3 Å². The Balaban J connectivity index is 2.28. The number of nitrogens with one attached hydrogen (secondary N) is 1. The Bertz CT molecular complexity index is 490. The van der Waals surface area contributed by atoms with Crippen molar-refractivity contribution in [2.24, 2.45) is 0 Å². The summed E-state index contributed by atoms with van der Waals surface area (Å²) in [6.45, 7) is 0.635. The van der Waals surface area contributed by atoms with Gasteiger partial charge in [0.15, 0.2) is 0 Å². The monoisotopic (exact) mass is 252 g/mol. The van der Waals surface area contributed by atoms with Gasteiger partial charge in [0, 0.05) is 19.5 Å². The second kappa shape index (κ2) is 5.03. The summed E-state index contributed by atoms with van der Waals surface area (Å²) in [6.07, 6.45) is 0.208. The molecule has 96 valence electrons. The van der Waals surface area contributed by atoms with Gasteiger partial charge in [0.25, 0.3) is 0 Å². The summed E-state index contributed by atoms with van der Waals surface area (Å²) in [4.78, 5) is 23.8. The zero-order chi connectivity index (χ0) is 13.1. The molecule has 1 aliphatic heterocycles. The molecule has 2 N–H and O–H groups in total. The van der Waals surface area contributed by atoms with Gasteiger partial charge in [-0.05, 0) is 18.2 Å². The van der Waals surface area contributed by atoms with Crippen LogP contribution in [0, 0.1) is 5.82 Å². The molecule has 5 nitrogen and oxygen atoms in total. The van der Waals surface area contributed by atoms with Gasteiger partial charge >= 0.3 is 5.97 Å². The van der Waals surface area contributed by atoms with Gasteiger partial charge in [0.2, 0.25) is 5.91 Å². The van der Waals surface area contributed by atoms with E-state index in [4.69, 9.17) is 5.11 Å². The standard InChI is InChI=1S/C12H13FN2O3/c13-8-1-2-9-10(7-8)15(6-4-12(17)18)5-3-11(16)14-9/h1-2,7H,3-6H2,(H,14,16)(H,17,18). The van der Waals surface area contributed by atoms with Gasteiger partial charge in [-0.1, -0.05) is 0 Å². The van der Waals surface area contributed by atoms with Crippen LogP contribution in [0.25, 0.3) is 0 Å². The first-order valence-electron chi connectivity index (χ1n) is 5.62. The third-order valence-corrected chi connectivity index (χ3v) is 2.78. The van der Waals surface area contributed by atoms with Crippen molar-refractivity contribution in [3.05, 3.63) is 24.0 Å². The first-order valence-corrected chi connectivity index (χ1v) is 5.62. The predicted octanol–water partition coefficient (Wildman–Crippen LogP) is 1.45. The van der Waals surface area contributed by atoms with Gasteiger partial charge in [-0.2, -0.15) is 0 Å². The highest BCUT2D eigenvalue weighted by molar-refractivity contribution is 5.96. The molecule has 2 rings (SSSR count). The van der Waals surface area contributed by atoms with E-state index in [1.165, 1.54) is 18.2 Å². The molecule has 1 aliphatic rings. The largest absolute Gasteiger partial charge is 0.481 e. The van der Waals surface area contributed by atoms with Crippen molar-refractivity contribution in [2.75, 3.05) is 23.3 Å². The number of carboxylic acid groups (broad SMARTS) is 1. The van der Waals surface area contributed by atoms with Gasteiger partial charge in [-0.25, -0.2) is 4.39 Å². The number of amides is 1. The van der Waals surface area contributed by atoms with Gasteiger partial charge in [0.1, 0.15) is 5.82 Å². The molecule has 0 fully saturated rings. The number of rotatable bonds is 3. The average molecular weight is 252 g/mol. The van der Waals surface area contributed by atoms with Gasteiger partial charge < -0.3 is 15.3 Å². The number of benzene rings is 1. The van der Waals surface area contributed by atoms with Crippen LogP contribution in [-0.4, -0.2) is 30.1 Å². The summed E-state index contributed by atoms with van der Waals surface area (Å²) in [6, 6.07) is 4.06. The fourth-order valence-electron chi connectivity index (χ4n) is 1.90. The molecule has 0 saturated heterocycles. The van der Waals surface area contributed by atoms with E-state index in [0.29, 0.717) is 17.9 Å². The number of carbonyl (C=O) groups is 2. The molecule has 18 heavy (non-hydrogen) atoms. The number of hydrogen-bond acceptors (Lipinski definition) is 3. The molecule has 6 heteroatoms. The van der Waals surface area contributed by atoms with Crippen molar-refractivity contribution in [1.82, 2.24) is 0 Å². The lowest BCUT2D eigenvalue weighted by molar-refractivity contribution is -0.136. The lowest BCUT2D eigenvalue weighted by Crippen LogP contribution is -2.27. The van der Waals surface area contributed by atoms with Crippen LogP contribution in [0.3, 0.4) is 0 Å². The maximum atomic E-state index is 13.2. The number of aliphatic carboxylic acids is 1. The van der Waals surface area contributed by atoms with Gasteiger partial charge in [0.05, 0.1) is 17.8 Å². The van der Waals surface area contributed by atoms with E-state index >= 15 is 0 Å². The molecular weight excluding hydrogens is 239 g/mol. The Kier molecular flexibility index (Phi) is 3.45. The fourth-order valence-corrected chi connectivity index (χ4v) is 1.90. The molecule has 0 unspecified atom stereocenters. The summed E-state index contributed by atoms with van der Waals surface area (Å²) >= 11 is 0. The highest BCUT2D eigenvalue weighted by Gasteiger charge is 2.20. The third kappa shape index (κ3) is 2.77. The molecule has 1 aromatic rings. The number of fused-ring (bicyclic) bond motifs is 1. The minimum absolute atomic E-state index is 0.0514. The number of carboxylic acids is 1. The molecule has 0 bridgehead atoms. The number of nitrogens with zero attached hydrogens (tertiary/aromatic N) is 1. The Morgan fingerprint density at radius 1 is 1.50 bits per heavy atom. The smallest absolute Gasteiger partial charge is 0.305 e. The van der Waals surface area contributed by atoms with Gasteiger partial charge in [-0.3, -0.25) is 9.59 Å². The Labute approximate surface area is 103 Å². The van der Waals surface area contributed by atoms with E-state index in [9.17, 15) is 14.0 Å². The SMILES string of the molecule is O=C(O)CCN1CCC(=O)Nc2ccc(F)cc21. The zero-order valence-corrected chi connectivity index (χ0v) is 9.65. The second-order valence-corrected chi connectivity index (χ2v) is 4.09. The topological polar surface area (TPSA) is 69.6 Å². The Morgan fingerprint density at radius 3 is 3.00 bits per heavy atom. The molecule has 1 heterocycles. The summed E-state index contributed by atoms with van der Waals surface area (Å²) < 4.78 is 13.2. The highest BCUT2D eigenvalue weighted by Crippen LogP contribution is 2.29. The summed E-state index contributed by atoms with van der Waals surface area (Å²) in [7, 11) is 0. The van der Waals surface area contributed by atoms with Crippen molar-refractivity contribution in [1.29, 1.82) is 0 Å². The minimum Gasteiger partial charge on any atom is -0.481 e. The normalized spacial score (nSPS) is 14.7. The van der Waals surface area contributed by atoms with Crippen LogP contribution in [0.15, 0.2) is 18.2 Å². The predicted molar refractivity (Wildman–Crippen MR) is 64.1 cm³/mol. The van der Waals surface area contributed by atoms with Crippen LogP contribution in [0.1, 0.15) is 12.8 Å². The quantitative estimate of drug-likeness (QED) is 0.854. The van der Waals surface area contributed by atoms with Crippen molar-refractivity contribution in [2.45, 2.75) is 12.8 Å². The summed E-state index contributed by atoms with van der Waals surface area (Å²) in [5, 5.41) is 11.4. The van der Waals surface area contributed by atoms with Crippen LogP contribution < -0.4 is 10.2 Å². The number of carbonyl (C=O) groups excluding carboxylic acids is 1. The van der Waals surface area contributed by atoms with E-state index in [1.807, 2.05) is 0 Å². The fraction of sp³-hybridized carbons (Fsp3) is 0.333. The first-order chi connectivity index (χ1) is 8.56. The number of halogens is 1. The van der Waals surface area contributed by atoms with Crippen molar-refractivity contribution < 1.29 is 19.1 Å². The minimum atomic E-state index is -0.920. The van der Waals surface area contributed by atoms with Gasteiger partial charge in [-0.15, -0.1) is 0 Å². The summed E-state index contributed by atoms with van der Waals surface area (Å²) in [5.41, 5.74) is 1.05. The highest BCUT2D eigenvalue weighted by atomic mass is 19.1. The number of hydrogen-bond donors (Lipinski definition) is 2. The van der Waals surface area contributed by atoms with Crippen LogP contribution >= 0.6 is 0 Å². The molecule has 0 aliphatic carbocycles. The van der Waals surface area contributed by atoms with Crippen LogP contribution in [0.4, 0.5) is 15.8 Å². The molecule has 1 aromatic carbocycles. The van der Waals surface area contributed by atoms with Crippen LogP contribution in [-0.2, 0) is 9.59 Å². The van der Waals surface area contributed by atoms with Crippen molar-refractivity contribution >= 4 is 23.3 Å². The van der Waals surface area contributed by atoms with Crippen LogP contribution in [0.5, 0.6) is 0 Å². The lowest BCUT2D eigenvalue weighted by atomic mass is 10.2. The molecule has 1 amide bonds. The van der Waals surface area contributed by atoms with E-state index in [0.717, 1.165) is 0 Å². The summed E-state index contributed by atoms with van der Waals surface area (Å²) in [5.74, 6) is -1.48. The molecule has 0 spiro atoms. The molecule has 0 saturated carbocycles.